The number of carbonyl (C=O) groups excluding carboxylic acids is 2. The second-order valence-corrected chi connectivity index (χ2v) is 7.55. The van der Waals surface area contributed by atoms with Crippen molar-refractivity contribution in [2.45, 2.75) is 25.0 Å². The highest BCUT2D eigenvalue weighted by Crippen LogP contribution is 2.40. The topological polar surface area (TPSA) is 80.0 Å². The molecule has 146 valence electrons. The molecule has 0 aliphatic carbocycles. The van der Waals surface area contributed by atoms with Crippen LogP contribution in [0.1, 0.15) is 30.2 Å². The highest BCUT2D eigenvalue weighted by molar-refractivity contribution is 6.46. The summed E-state index contributed by atoms with van der Waals surface area (Å²) in [6.07, 6.45) is 3.02. The van der Waals surface area contributed by atoms with Crippen LogP contribution < -0.4 is 0 Å². The molecule has 1 amide bonds. The summed E-state index contributed by atoms with van der Waals surface area (Å²) in [6, 6.07) is 7.00. The average Bonchev–Trinajstić information content (AvgIpc) is 3.42. The van der Waals surface area contributed by atoms with E-state index < -0.39 is 17.7 Å². The van der Waals surface area contributed by atoms with Gasteiger partial charge in [0.25, 0.3) is 11.7 Å². The highest BCUT2D eigenvalue weighted by Gasteiger charge is 2.48. The van der Waals surface area contributed by atoms with Crippen molar-refractivity contribution in [2.24, 2.45) is 0 Å². The fourth-order valence-electron chi connectivity index (χ4n) is 3.62. The molecular weight excluding hydrogens is 405 g/mol. The van der Waals surface area contributed by atoms with Crippen molar-refractivity contribution in [1.82, 2.24) is 4.90 Å². The van der Waals surface area contributed by atoms with Gasteiger partial charge in [-0.2, -0.15) is 0 Å². The first-order chi connectivity index (χ1) is 13.5. The number of rotatable bonds is 4. The van der Waals surface area contributed by atoms with Gasteiger partial charge in [-0.05, 0) is 43.2 Å². The molecule has 8 heteroatoms. The minimum absolute atomic E-state index is 0.0451. The Hall–Kier alpha value is -2.28. The van der Waals surface area contributed by atoms with Crippen LogP contribution in [0.3, 0.4) is 0 Å². The summed E-state index contributed by atoms with van der Waals surface area (Å²) in [4.78, 5) is 27.0. The fraction of sp³-hybridized carbons (Fsp3) is 0.300. The molecule has 0 bridgehead atoms. The number of amides is 1. The molecule has 2 aliphatic rings. The van der Waals surface area contributed by atoms with E-state index in [0.717, 1.165) is 12.8 Å². The number of hydrogen-bond donors (Lipinski definition) is 1. The summed E-state index contributed by atoms with van der Waals surface area (Å²) in [5.41, 5.74) is 0.248. The number of aliphatic hydroxyl groups excluding tert-OH is 1. The van der Waals surface area contributed by atoms with Crippen LogP contribution in [-0.4, -0.2) is 41.0 Å². The van der Waals surface area contributed by atoms with Crippen LogP contribution in [0.25, 0.3) is 5.76 Å². The lowest BCUT2D eigenvalue weighted by Gasteiger charge is -2.25. The summed E-state index contributed by atoms with van der Waals surface area (Å²) in [6.45, 7) is 0.872. The van der Waals surface area contributed by atoms with Gasteiger partial charge in [-0.25, -0.2) is 0 Å². The van der Waals surface area contributed by atoms with Crippen LogP contribution in [0.4, 0.5) is 0 Å². The Morgan fingerprint density at radius 1 is 1.21 bits per heavy atom. The second-order valence-electron chi connectivity index (χ2n) is 6.73. The lowest BCUT2D eigenvalue weighted by molar-refractivity contribution is -0.141. The van der Waals surface area contributed by atoms with Gasteiger partial charge < -0.3 is 19.2 Å². The molecule has 0 radical (unpaired) electrons. The molecule has 0 saturated carbocycles. The van der Waals surface area contributed by atoms with Gasteiger partial charge in [0.2, 0.25) is 0 Å². The Kier molecular flexibility index (Phi) is 5.19. The molecule has 0 spiro atoms. The van der Waals surface area contributed by atoms with E-state index in [-0.39, 0.29) is 29.0 Å². The predicted octanol–water partition coefficient (Wildman–Crippen LogP) is 4.19. The third kappa shape index (κ3) is 3.32. The van der Waals surface area contributed by atoms with E-state index in [1.165, 1.54) is 29.4 Å². The number of carbonyl (C=O) groups is 2. The van der Waals surface area contributed by atoms with Gasteiger partial charge in [-0.1, -0.05) is 23.2 Å². The van der Waals surface area contributed by atoms with Crippen molar-refractivity contribution in [3.63, 3.8) is 0 Å². The minimum Gasteiger partial charge on any atom is -0.507 e. The van der Waals surface area contributed by atoms with Gasteiger partial charge in [0.15, 0.2) is 0 Å². The van der Waals surface area contributed by atoms with Gasteiger partial charge in [0.1, 0.15) is 17.6 Å². The number of ether oxygens (including phenoxy) is 1. The lowest BCUT2D eigenvalue weighted by Crippen LogP contribution is -2.36. The number of benzene rings is 1. The largest absolute Gasteiger partial charge is 0.507 e. The highest BCUT2D eigenvalue weighted by atomic mass is 35.5. The monoisotopic (exact) mass is 421 g/mol. The fourth-order valence-corrected chi connectivity index (χ4v) is 3.92. The summed E-state index contributed by atoms with van der Waals surface area (Å²) in [5.74, 6) is -1.41. The Labute approximate surface area is 171 Å². The molecular formula is C20H17Cl2NO5. The van der Waals surface area contributed by atoms with Gasteiger partial charge in [-0.3, -0.25) is 9.59 Å². The molecule has 1 aromatic carbocycles. The molecule has 1 aromatic heterocycles. The Bertz CT molecular complexity index is 948. The Morgan fingerprint density at radius 3 is 2.68 bits per heavy atom. The van der Waals surface area contributed by atoms with Crippen molar-refractivity contribution in [2.75, 3.05) is 13.2 Å². The van der Waals surface area contributed by atoms with Crippen LogP contribution in [0, 0.1) is 0 Å². The standard InChI is InChI=1S/C20H17Cl2NO5/c21-13-6-5-11(9-14(13)22)18(24)16-17(15-4-2-8-28-15)23(20(26)19(16)25)10-12-3-1-7-27-12/h2,4-6,8-9,12,17,24H,1,3,7,10H2/b18-16-. The average molecular weight is 422 g/mol. The predicted molar refractivity (Wildman–Crippen MR) is 103 cm³/mol. The van der Waals surface area contributed by atoms with Gasteiger partial charge in [-0.15, -0.1) is 0 Å². The maximum Gasteiger partial charge on any atom is 0.295 e. The maximum absolute atomic E-state index is 12.8. The molecule has 28 heavy (non-hydrogen) atoms. The quantitative estimate of drug-likeness (QED) is 0.454. The molecule has 3 heterocycles. The second kappa shape index (κ2) is 7.62. The smallest absolute Gasteiger partial charge is 0.295 e. The molecule has 2 aromatic rings. The van der Waals surface area contributed by atoms with Crippen molar-refractivity contribution in [3.8, 4) is 0 Å². The van der Waals surface area contributed by atoms with Crippen LogP contribution in [0.15, 0.2) is 46.6 Å². The van der Waals surface area contributed by atoms with E-state index in [9.17, 15) is 14.7 Å². The lowest BCUT2D eigenvalue weighted by atomic mass is 9.99. The van der Waals surface area contributed by atoms with E-state index >= 15 is 0 Å². The number of hydrogen-bond acceptors (Lipinski definition) is 5. The molecule has 2 saturated heterocycles. The zero-order chi connectivity index (χ0) is 19.8. The van der Waals surface area contributed by atoms with E-state index in [0.29, 0.717) is 23.0 Å². The molecule has 2 aliphatic heterocycles. The third-order valence-corrected chi connectivity index (χ3v) is 5.71. The van der Waals surface area contributed by atoms with Crippen molar-refractivity contribution in [1.29, 1.82) is 0 Å². The molecule has 2 atom stereocenters. The van der Waals surface area contributed by atoms with Crippen molar-refractivity contribution >= 4 is 40.7 Å². The summed E-state index contributed by atoms with van der Waals surface area (Å²) in [7, 11) is 0. The first-order valence-electron chi connectivity index (χ1n) is 8.86. The van der Waals surface area contributed by atoms with Gasteiger partial charge >= 0.3 is 0 Å². The SMILES string of the molecule is O=C1C(=O)N(CC2CCCO2)C(c2ccco2)/C1=C(/O)c1ccc(Cl)c(Cl)c1. The number of Topliss-reactive ketones (excluding diaryl/α,β-unsaturated/α-hetero) is 1. The summed E-state index contributed by atoms with van der Waals surface area (Å²) >= 11 is 12.0. The number of furan rings is 1. The number of halogens is 2. The zero-order valence-corrected chi connectivity index (χ0v) is 16.2. The van der Waals surface area contributed by atoms with E-state index in [1.54, 1.807) is 12.1 Å². The van der Waals surface area contributed by atoms with Crippen LogP contribution in [0.2, 0.25) is 10.0 Å². The number of aliphatic hydroxyl groups is 1. The Morgan fingerprint density at radius 2 is 2.04 bits per heavy atom. The summed E-state index contributed by atoms with van der Waals surface area (Å²) in [5, 5.41) is 11.4. The third-order valence-electron chi connectivity index (χ3n) is 4.97. The number of likely N-dealkylation sites (tertiary alicyclic amines) is 1. The van der Waals surface area contributed by atoms with Crippen LogP contribution in [-0.2, 0) is 14.3 Å². The zero-order valence-electron chi connectivity index (χ0n) is 14.7. The van der Waals surface area contributed by atoms with E-state index in [4.69, 9.17) is 32.4 Å². The molecule has 4 rings (SSSR count). The Balaban J connectivity index is 1.80. The molecule has 1 N–H and O–H groups in total. The van der Waals surface area contributed by atoms with Gasteiger partial charge in [0.05, 0.1) is 28.0 Å². The van der Waals surface area contributed by atoms with Crippen LogP contribution >= 0.6 is 23.2 Å². The maximum atomic E-state index is 12.8. The normalized spacial score (nSPS) is 24.3. The molecule has 2 fully saturated rings. The van der Waals surface area contributed by atoms with Crippen molar-refractivity contribution < 1.29 is 23.8 Å². The first-order valence-corrected chi connectivity index (χ1v) is 9.62. The van der Waals surface area contributed by atoms with E-state index in [1.807, 2.05) is 0 Å². The van der Waals surface area contributed by atoms with Gasteiger partial charge in [0, 0.05) is 18.7 Å². The van der Waals surface area contributed by atoms with Crippen LogP contribution in [0.5, 0.6) is 0 Å². The van der Waals surface area contributed by atoms with E-state index in [2.05, 4.69) is 0 Å². The minimum atomic E-state index is -0.839. The van der Waals surface area contributed by atoms with Crippen molar-refractivity contribution in [3.05, 3.63) is 63.5 Å². The number of nitrogens with zero attached hydrogens (tertiary/aromatic N) is 1. The molecule has 2 unspecified atom stereocenters. The first kappa shape index (κ1) is 19.1. The number of ketones is 1. The summed E-state index contributed by atoms with van der Waals surface area (Å²) < 4.78 is 11.1. The molecule has 6 nitrogen and oxygen atoms in total.